The van der Waals surface area contributed by atoms with Crippen LogP contribution in [-0.4, -0.2) is 39.2 Å². The Morgan fingerprint density at radius 1 is 1.05 bits per heavy atom. The highest BCUT2D eigenvalue weighted by atomic mass is 35.5. The van der Waals surface area contributed by atoms with Crippen LogP contribution >= 0.6 is 23.2 Å². The van der Waals surface area contributed by atoms with Crippen LogP contribution < -0.4 is 10.0 Å². The van der Waals surface area contributed by atoms with Crippen LogP contribution in [0.3, 0.4) is 0 Å². The maximum atomic E-state index is 14.2. The van der Waals surface area contributed by atoms with E-state index in [9.17, 15) is 19.9 Å². The normalized spacial score (nSPS) is 24.0. The fraction of sp³-hybridized carbons (Fsp3) is 0.345. The first kappa shape index (κ1) is 26.5. The molecule has 1 aromatic heterocycles. The number of halogens is 2. The van der Waals surface area contributed by atoms with Crippen molar-refractivity contribution in [3.63, 3.8) is 0 Å². The van der Waals surface area contributed by atoms with Gasteiger partial charge in [0.25, 0.3) is 11.6 Å². The lowest BCUT2D eigenvalue weighted by Gasteiger charge is -2.48. The molecule has 9 heteroatoms. The first-order valence-corrected chi connectivity index (χ1v) is 13.6. The minimum Gasteiger partial charge on any atom is -0.391 e. The van der Waals surface area contributed by atoms with E-state index in [-0.39, 0.29) is 11.8 Å². The average molecular weight is 555 g/mol. The monoisotopic (exact) mass is 554 g/mol. The van der Waals surface area contributed by atoms with Gasteiger partial charge in [-0.15, -0.1) is 0 Å². The predicted octanol–water partition coefficient (Wildman–Crippen LogP) is 4.98. The molecule has 0 spiro atoms. The van der Waals surface area contributed by atoms with E-state index in [0.717, 1.165) is 17.6 Å². The molecule has 5 atom stereocenters. The molecule has 2 heterocycles. The number of hydrogen-bond acceptors (Lipinski definition) is 4. The first-order chi connectivity index (χ1) is 18.3. The van der Waals surface area contributed by atoms with Crippen LogP contribution in [0.2, 0.25) is 10.0 Å². The van der Waals surface area contributed by atoms with Crippen molar-refractivity contribution >= 4 is 35.0 Å². The quantitative estimate of drug-likeness (QED) is 0.306. The van der Waals surface area contributed by atoms with Crippen molar-refractivity contribution in [1.82, 2.24) is 10.2 Å². The van der Waals surface area contributed by atoms with E-state index >= 15 is 0 Å². The molecule has 0 radical (unpaired) electrons. The molecule has 7 nitrogen and oxygen atoms in total. The number of pyridine rings is 1. The first-order valence-electron chi connectivity index (χ1n) is 12.8. The molecule has 0 saturated heterocycles. The van der Waals surface area contributed by atoms with E-state index in [1.54, 1.807) is 72.5 Å². The molecule has 1 unspecified atom stereocenters. The third kappa shape index (κ3) is 4.86. The Morgan fingerprint density at radius 2 is 1.79 bits per heavy atom. The predicted molar refractivity (Wildman–Crippen MR) is 143 cm³/mol. The summed E-state index contributed by atoms with van der Waals surface area (Å²) in [5.41, 5.74) is 2.10. The standard InChI is InChI=1S/C29H29Cl2N3O4/c1-17(23-10-6-7-15-33(23)38)32-28(36)26-19-8-2-3-9-20(19)29(37)34(24-11-4-5-12-25(24)35)27(26)21-14-13-18(30)16-22(21)31/h2-3,6-10,13-17,24-27,35H,4-5,11-12H2,1H3,(H-,32,36,38)/p+1/t17?,24-,25-,26+,27-/m0/s1. The molecular formula is C29H30Cl2N3O4+. The summed E-state index contributed by atoms with van der Waals surface area (Å²) in [5, 5.41) is 25.1. The van der Waals surface area contributed by atoms with Gasteiger partial charge in [0.15, 0.2) is 0 Å². The molecule has 5 rings (SSSR count). The molecule has 2 amide bonds. The van der Waals surface area contributed by atoms with Crippen LogP contribution in [0.25, 0.3) is 0 Å². The lowest BCUT2D eigenvalue weighted by Crippen LogP contribution is -2.55. The van der Waals surface area contributed by atoms with Gasteiger partial charge in [0.1, 0.15) is 6.04 Å². The van der Waals surface area contributed by atoms with Crippen LogP contribution in [0.1, 0.15) is 77.8 Å². The number of nitrogens with zero attached hydrogens (tertiary/aromatic N) is 2. The molecular weight excluding hydrogens is 525 g/mol. The molecule has 38 heavy (non-hydrogen) atoms. The number of carbonyl (C=O) groups excluding carboxylic acids is 2. The van der Waals surface area contributed by atoms with Crippen LogP contribution in [-0.2, 0) is 4.79 Å². The molecule has 198 valence electrons. The van der Waals surface area contributed by atoms with E-state index in [1.807, 2.05) is 0 Å². The Labute approximate surface area is 231 Å². The SMILES string of the molecule is CC(NC(=O)[C@@H]1c2ccccc2C(=O)N([C@H]2CCCC[C@@H]2O)[C@H]1c1ccc(Cl)cc1Cl)c1cccc[n+]1O. The number of hydrogen-bond donors (Lipinski definition) is 3. The molecule has 1 saturated carbocycles. The van der Waals surface area contributed by atoms with Gasteiger partial charge in [-0.3, -0.25) is 14.8 Å². The van der Waals surface area contributed by atoms with Crippen molar-refractivity contribution in [2.24, 2.45) is 0 Å². The van der Waals surface area contributed by atoms with Gasteiger partial charge in [-0.1, -0.05) is 60.3 Å². The van der Waals surface area contributed by atoms with Gasteiger partial charge < -0.3 is 15.3 Å². The molecule has 3 N–H and O–H groups in total. The van der Waals surface area contributed by atoms with Gasteiger partial charge in [0.05, 0.1) is 24.1 Å². The van der Waals surface area contributed by atoms with Crippen LogP contribution in [0.15, 0.2) is 66.9 Å². The van der Waals surface area contributed by atoms with Gasteiger partial charge in [-0.2, -0.15) is 0 Å². The topological polar surface area (TPSA) is 93.8 Å². The van der Waals surface area contributed by atoms with Crippen molar-refractivity contribution in [2.45, 2.75) is 62.8 Å². The molecule has 1 fully saturated rings. The number of amides is 2. The zero-order valence-electron chi connectivity index (χ0n) is 20.9. The molecule has 0 bridgehead atoms. The second kappa shape index (κ2) is 10.9. The van der Waals surface area contributed by atoms with Crippen LogP contribution in [0.5, 0.6) is 0 Å². The van der Waals surface area contributed by atoms with E-state index in [1.165, 1.54) is 6.20 Å². The molecule has 2 aliphatic rings. The van der Waals surface area contributed by atoms with Crippen molar-refractivity contribution in [1.29, 1.82) is 0 Å². The zero-order valence-corrected chi connectivity index (χ0v) is 22.4. The summed E-state index contributed by atoms with van der Waals surface area (Å²) < 4.78 is 0.974. The van der Waals surface area contributed by atoms with Crippen molar-refractivity contribution in [3.8, 4) is 0 Å². The lowest BCUT2D eigenvalue weighted by molar-refractivity contribution is -0.910. The van der Waals surface area contributed by atoms with E-state index in [2.05, 4.69) is 5.32 Å². The summed E-state index contributed by atoms with van der Waals surface area (Å²) in [6.07, 6.45) is 3.72. The molecule has 1 aliphatic carbocycles. The third-order valence-electron chi connectivity index (χ3n) is 7.66. The number of aromatic nitrogens is 1. The van der Waals surface area contributed by atoms with Gasteiger partial charge in [-0.25, -0.2) is 0 Å². The molecule has 1 aliphatic heterocycles. The summed E-state index contributed by atoms with van der Waals surface area (Å²) in [5.74, 6) is -1.39. The number of rotatable bonds is 5. The van der Waals surface area contributed by atoms with E-state index in [0.29, 0.717) is 45.3 Å². The minimum absolute atomic E-state index is 0.240. The number of aliphatic hydroxyl groups excluding tert-OH is 1. The Bertz CT molecular complexity index is 1370. The molecule has 2 aromatic carbocycles. The van der Waals surface area contributed by atoms with Crippen LogP contribution in [0, 0.1) is 0 Å². The Hall–Kier alpha value is -3.13. The number of benzene rings is 2. The zero-order chi connectivity index (χ0) is 27.0. The second-order valence-electron chi connectivity index (χ2n) is 10.0. The Balaban J connectivity index is 1.65. The maximum absolute atomic E-state index is 14.2. The lowest BCUT2D eigenvalue weighted by atomic mass is 9.76. The van der Waals surface area contributed by atoms with E-state index in [4.69, 9.17) is 23.2 Å². The number of carbonyl (C=O) groups is 2. The number of aliphatic hydroxyl groups is 1. The minimum atomic E-state index is -0.824. The highest BCUT2D eigenvalue weighted by Gasteiger charge is 2.49. The average Bonchev–Trinajstić information content (AvgIpc) is 2.89. The highest BCUT2D eigenvalue weighted by Crippen LogP contribution is 2.48. The summed E-state index contributed by atoms with van der Waals surface area (Å²) in [6.45, 7) is 1.78. The third-order valence-corrected chi connectivity index (χ3v) is 8.23. The maximum Gasteiger partial charge on any atom is 0.255 e. The fourth-order valence-electron chi connectivity index (χ4n) is 5.86. The summed E-state index contributed by atoms with van der Waals surface area (Å²) in [4.78, 5) is 29.9. The smallest absolute Gasteiger partial charge is 0.255 e. The van der Waals surface area contributed by atoms with Crippen LogP contribution in [0.4, 0.5) is 0 Å². The summed E-state index contributed by atoms with van der Waals surface area (Å²) in [7, 11) is 0. The summed E-state index contributed by atoms with van der Waals surface area (Å²) >= 11 is 12.9. The van der Waals surface area contributed by atoms with Gasteiger partial charge >= 0.3 is 0 Å². The number of fused-ring (bicyclic) bond motifs is 1. The second-order valence-corrected chi connectivity index (χ2v) is 10.9. The molecule has 3 aromatic rings. The van der Waals surface area contributed by atoms with Crippen molar-refractivity contribution in [3.05, 3.63) is 99.3 Å². The van der Waals surface area contributed by atoms with E-state index < -0.39 is 30.1 Å². The fourth-order valence-corrected chi connectivity index (χ4v) is 6.38. The highest BCUT2D eigenvalue weighted by molar-refractivity contribution is 6.35. The van der Waals surface area contributed by atoms with Crippen molar-refractivity contribution in [2.75, 3.05) is 0 Å². The van der Waals surface area contributed by atoms with Gasteiger partial charge in [-0.05, 0) is 55.2 Å². The van der Waals surface area contributed by atoms with Gasteiger partial charge in [0.2, 0.25) is 12.1 Å². The Kier molecular flexibility index (Phi) is 7.61. The largest absolute Gasteiger partial charge is 0.391 e. The Morgan fingerprint density at radius 3 is 2.53 bits per heavy atom. The van der Waals surface area contributed by atoms with Crippen molar-refractivity contribution < 1.29 is 24.6 Å². The number of nitrogens with one attached hydrogen (secondary N) is 1. The van der Waals surface area contributed by atoms with Gasteiger partial charge in [0, 0.05) is 32.5 Å². The summed E-state index contributed by atoms with van der Waals surface area (Å²) in [6, 6.07) is 15.6.